The van der Waals surface area contributed by atoms with Gasteiger partial charge < -0.3 is 5.32 Å². The van der Waals surface area contributed by atoms with E-state index in [1.54, 1.807) is 0 Å². The molecule has 0 unspecified atom stereocenters. The summed E-state index contributed by atoms with van der Waals surface area (Å²) < 4.78 is 0. The second-order valence-corrected chi connectivity index (χ2v) is 5.25. The lowest BCUT2D eigenvalue weighted by molar-refractivity contribution is -0.122. The van der Waals surface area contributed by atoms with E-state index in [-0.39, 0.29) is 11.5 Å². The lowest BCUT2D eigenvalue weighted by atomic mass is 10.0. The Morgan fingerprint density at radius 2 is 1.79 bits per heavy atom. The second kappa shape index (κ2) is 6.18. The van der Waals surface area contributed by atoms with Crippen LogP contribution in [0.25, 0.3) is 0 Å². The maximum atomic E-state index is 11.3. The molecule has 0 fully saturated rings. The molecule has 14 heavy (non-hydrogen) atoms. The molecule has 0 aliphatic heterocycles. The molecule has 0 bridgehead atoms. The third-order valence-corrected chi connectivity index (χ3v) is 2.15. The summed E-state index contributed by atoms with van der Waals surface area (Å²) in [5.74, 6) is 0.589. The topological polar surface area (TPSA) is 29.1 Å². The van der Waals surface area contributed by atoms with Gasteiger partial charge in [-0.3, -0.25) is 4.79 Å². The van der Waals surface area contributed by atoms with Crippen LogP contribution in [0, 0.1) is 5.92 Å². The molecule has 84 valence electrons. The van der Waals surface area contributed by atoms with Crippen molar-refractivity contribution in [3.05, 3.63) is 0 Å². The van der Waals surface area contributed by atoms with Crippen LogP contribution in [0.1, 0.15) is 53.9 Å². The fourth-order valence-electron chi connectivity index (χ4n) is 1.18. The van der Waals surface area contributed by atoms with Crippen LogP contribution in [0.5, 0.6) is 0 Å². The van der Waals surface area contributed by atoms with Crippen molar-refractivity contribution in [3.63, 3.8) is 0 Å². The lowest BCUT2D eigenvalue weighted by Crippen LogP contribution is -2.36. The fraction of sp³-hybridized carbons (Fsp3) is 0.917. The van der Waals surface area contributed by atoms with Crippen LogP contribution in [-0.2, 0) is 4.79 Å². The number of rotatable bonds is 6. The number of hydrogen-bond acceptors (Lipinski definition) is 2. The van der Waals surface area contributed by atoms with Crippen molar-refractivity contribution in [2.24, 2.45) is 5.92 Å². The number of unbranched alkanes of at least 4 members (excludes halogenated alkanes) is 1. The van der Waals surface area contributed by atoms with E-state index in [9.17, 15) is 4.79 Å². The lowest BCUT2D eigenvalue weighted by Gasteiger charge is -2.20. The minimum atomic E-state index is 0.196. The number of carbonyl (C=O) groups is 1. The molecular weight excluding hydrogens is 174 g/mol. The van der Waals surface area contributed by atoms with Gasteiger partial charge in [0.25, 0.3) is 0 Å². The third kappa shape index (κ3) is 8.24. The van der Waals surface area contributed by atoms with Crippen molar-refractivity contribution in [2.45, 2.75) is 59.4 Å². The van der Waals surface area contributed by atoms with Crippen molar-refractivity contribution >= 4 is 5.78 Å². The van der Waals surface area contributed by atoms with Gasteiger partial charge >= 0.3 is 0 Å². The van der Waals surface area contributed by atoms with Crippen molar-refractivity contribution in [2.75, 3.05) is 6.54 Å². The summed E-state index contributed by atoms with van der Waals surface area (Å²) in [6, 6.07) is 0. The average molecular weight is 199 g/mol. The first-order valence-corrected chi connectivity index (χ1v) is 5.60. The molecule has 0 radical (unpaired) electrons. The Morgan fingerprint density at radius 1 is 1.21 bits per heavy atom. The predicted molar refractivity (Wildman–Crippen MR) is 61.5 cm³/mol. The molecule has 0 saturated heterocycles. The van der Waals surface area contributed by atoms with Gasteiger partial charge in [-0.25, -0.2) is 0 Å². The van der Waals surface area contributed by atoms with Gasteiger partial charge in [0.2, 0.25) is 0 Å². The summed E-state index contributed by atoms with van der Waals surface area (Å²) in [6.07, 6.45) is 2.85. The molecule has 0 aromatic rings. The zero-order valence-corrected chi connectivity index (χ0v) is 10.3. The van der Waals surface area contributed by atoms with Crippen molar-refractivity contribution in [1.82, 2.24) is 5.32 Å². The molecular formula is C12H25NO. The highest BCUT2D eigenvalue weighted by Crippen LogP contribution is 2.05. The first-order chi connectivity index (χ1) is 6.33. The molecule has 1 N–H and O–H groups in total. The Morgan fingerprint density at radius 3 is 2.21 bits per heavy atom. The monoisotopic (exact) mass is 199 g/mol. The summed E-state index contributed by atoms with van der Waals surface area (Å²) >= 11 is 0. The number of ketones is 1. The minimum absolute atomic E-state index is 0.196. The van der Waals surface area contributed by atoms with E-state index in [1.165, 1.54) is 0 Å². The van der Waals surface area contributed by atoms with Crippen molar-refractivity contribution in [3.8, 4) is 0 Å². The van der Waals surface area contributed by atoms with Crippen LogP contribution in [0.2, 0.25) is 0 Å². The number of hydrogen-bond donors (Lipinski definition) is 1. The number of carbonyl (C=O) groups excluding carboxylic acids is 1. The minimum Gasteiger partial charge on any atom is -0.312 e. The smallest absolute Gasteiger partial charge is 0.135 e. The Kier molecular flexibility index (Phi) is 6.01. The summed E-state index contributed by atoms with van der Waals surface area (Å²) in [5, 5.41) is 3.41. The van der Waals surface area contributed by atoms with Gasteiger partial charge in [0.05, 0.1) is 0 Å². The van der Waals surface area contributed by atoms with Crippen molar-refractivity contribution in [1.29, 1.82) is 0 Å². The molecule has 0 rings (SSSR count). The maximum absolute atomic E-state index is 11.3. The maximum Gasteiger partial charge on any atom is 0.135 e. The summed E-state index contributed by atoms with van der Waals surface area (Å²) in [6.45, 7) is 11.4. The molecule has 0 atom stereocenters. The Hall–Kier alpha value is -0.370. The zero-order chi connectivity index (χ0) is 11.2. The van der Waals surface area contributed by atoms with Crippen LogP contribution < -0.4 is 5.32 Å². The van der Waals surface area contributed by atoms with Crippen LogP contribution in [-0.4, -0.2) is 17.9 Å². The van der Waals surface area contributed by atoms with Gasteiger partial charge in [-0.05, 0) is 40.2 Å². The van der Waals surface area contributed by atoms with Crippen LogP contribution in [0.4, 0.5) is 0 Å². The van der Waals surface area contributed by atoms with Gasteiger partial charge in [-0.1, -0.05) is 13.8 Å². The highest BCUT2D eigenvalue weighted by atomic mass is 16.1. The van der Waals surface area contributed by atoms with E-state index < -0.39 is 0 Å². The molecule has 0 heterocycles. The normalized spacial score (nSPS) is 12.1. The van der Waals surface area contributed by atoms with Gasteiger partial charge in [0.15, 0.2) is 0 Å². The summed E-state index contributed by atoms with van der Waals surface area (Å²) in [7, 11) is 0. The number of Topliss-reactive ketones (excluding diaryl/α,β-unsaturated/α-hetero) is 1. The first-order valence-electron chi connectivity index (χ1n) is 5.60. The molecule has 0 aliphatic rings. The first kappa shape index (κ1) is 13.6. The average Bonchev–Trinajstić information content (AvgIpc) is 2.01. The van der Waals surface area contributed by atoms with Crippen LogP contribution in [0.15, 0.2) is 0 Å². The SMILES string of the molecule is CC(C)C(=O)CCCCNC(C)(C)C. The second-order valence-electron chi connectivity index (χ2n) is 5.25. The summed E-state index contributed by atoms with van der Waals surface area (Å²) in [5.41, 5.74) is 0.196. The molecule has 0 spiro atoms. The third-order valence-electron chi connectivity index (χ3n) is 2.15. The van der Waals surface area contributed by atoms with Crippen LogP contribution >= 0.6 is 0 Å². The standard InChI is InChI=1S/C12H25NO/c1-10(2)11(14)8-6-7-9-13-12(3,4)5/h10,13H,6-9H2,1-5H3. The van der Waals surface area contributed by atoms with Crippen LogP contribution in [0.3, 0.4) is 0 Å². The largest absolute Gasteiger partial charge is 0.312 e. The molecule has 2 nitrogen and oxygen atoms in total. The fourth-order valence-corrected chi connectivity index (χ4v) is 1.18. The molecule has 0 aromatic heterocycles. The van der Waals surface area contributed by atoms with Gasteiger partial charge in [-0.15, -0.1) is 0 Å². The van der Waals surface area contributed by atoms with Gasteiger partial charge in [0.1, 0.15) is 5.78 Å². The molecule has 0 aromatic carbocycles. The van der Waals surface area contributed by atoms with E-state index in [1.807, 2.05) is 13.8 Å². The van der Waals surface area contributed by atoms with E-state index in [0.29, 0.717) is 5.78 Å². The van der Waals surface area contributed by atoms with E-state index in [0.717, 1.165) is 25.8 Å². The van der Waals surface area contributed by atoms with E-state index >= 15 is 0 Å². The Balaban J connectivity index is 3.35. The highest BCUT2D eigenvalue weighted by Gasteiger charge is 2.08. The zero-order valence-electron chi connectivity index (χ0n) is 10.3. The predicted octanol–water partition coefficient (Wildman–Crippen LogP) is 2.77. The molecule has 0 amide bonds. The quantitative estimate of drug-likeness (QED) is 0.666. The van der Waals surface area contributed by atoms with Crippen molar-refractivity contribution < 1.29 is 4.79 Å². The molecule has 2 heteroatoms. The Labute approximate surface area is 88.5 Å². The van der Waals surface area contributed by atoms with E-state index in [4.69, 9.17) is 0 Å². The molecule has 0 aliphatic carbocycles. The molecule has 0 saturated carbocycles. The number of nitrogens with one attached hydrogen (secondary N) is 1. The Bertz CT molecular complexity index is 168. The van der Waals surface area contributed by atoms with Gasteiger partial charge in [-0.2, -0.15) is 0 Å². The summed E-state index contributed by atoms with van der Waals surface area (Å²) in [4.78, 5) is 11.3. The van der Waals surface area contributed by atoms with Gasteiger partial charge in [0, 0.05) is 17.9 Å². The van der Waals surface area contributed by atoms with E-state index in [2.05, 4.69) is 26.1 Å². The highest BCUT2D eigenvalue weighted by molar-refractivity contribution is 5.80.